The first-order valence-electron chi connectivity index (χ1n) is 3.76. The lowest BCUT2D eigenvalue weighted by Crippen LogP contribution is -2.22. The van der Waals surface area contributed by atoms with Crippen LogP contribution in [0.4, 0.5) is 0 Å². The molecule has 7 heteroatoms. The van der Waals surface area contributed by atoms with Crippen molar-refractivity contribution in [3.05, 3.63) is 0 Å². The number of carbonyl (C=O) groups excluding carboxylic acids is 1. The van der Waals surface area contributed by atoms with E-state index < -0.39 is 13.9 Å². The topological polar surface area (TPSA) is 86.6 Å². The summed E-state index contributed by atoms with van der Waals surface area (Å²) in [4.78, 5) is 27.9. The smallest absolute Gasteiger partial charge is 0.324 e. The summed E-state index contributed by atoms with van der Waals surface area (Å²) in [5.41, 5.74) is 0. The van der Waals surface area contributed by atoms with Gasteiger partial charge in [0.1, 0.15) is 0 Å². The van der Waals surface area contributed by atoms with Gasteiger partial charge < -0.3 is 9.79 Å². The predicted octanol–water partition coefficient (Wildman–Crippen LogP) is 0.379. The summed E-state index contributed by atoms with van der Waals surface area (Å²) < 4.78 is 10.3. The number of nitrogens with one attached hydrogen (secondary N) is 1. The van der Waals surface area contributed by atoms with Gasteiger partial charge in [0.25, 0.3) is 0 Å². The van der Waals surface area contributed by atoms with E-state index in [1.165, 1.54) is 0 Å². The summed E-state index contributed by atoms with van der Waals surface area (Å²) in [5, 5.41) is 2.49. The molecule has 78 valence electrons. The quantitative estimate of drug-likeness (QED) is 0.588. The molecule has 0 aromatic rings. The average Bonchev–Trinajstić information content (AvgIpc) is 1.81. The first kappa shape index (κ1) is 13.1. The van der Waals surface area contributed by atoms with Gasteiger partial charge in [-0.05, 0) is 0 Å². The number of thioether (sulfide) groups is 1. The van der Waals surface area contributed by atoms with E-state index in [4.69, 9.17) is 9.79 Å². The molecule has 0 bridgehead atoms. The number of carbonyl (C=O) groups is 1. The Hall–Kier alpha value is 0.130. The van der Waals surface area contributed by atoms with Crippen molar-refractivity contribution in [3.63, 3.8) is 0 Å². The first-order chi connectivity index (χ1) is 5.81. The van der Waals surface area contributed by atoms with E-state index in [2.05, 4.69) is 5.32 Å². The van der Waals surface area contributed by atoms with Crippen LogP contribution in [0.5, 0.6) is 0 Å². The van der Waals surface area contributed by atoms with Crippen molar-refractivity contribution in [2.45, 2.75) is 19.1 Å². The molecule has 0 atom stereocenters. The van der Waals surface area contributed by atoms with E-state index in [1.54, 1.807) is 0 Å². The molecule has 0 amide bonds. The highest BCUT2D eigenvalue weighted by atomic mass is 32.2. The molecule has 0 aliphatic carbocycles. The van der Waals surface area contributed by atoms with Gasteiger partial charge in [0.15, 0.2) is 0 Å². The molecule has 0 saturated heterocycles. The largest absolute Gasteiger partial charge is 0.339 e. The van der Waals surface area contributed by atoms with Crippen molar-refractivity contribution < 1.29 is 19.1 Å². The van der Waals surface area contributed by atoms with Crippen LogP contribution in [0.2, 0.25) is 0 Å². The summed E-state index contributed by atoms with van der Waals surface area (Å²) in [6, 6.07) is 0. The van der Waals surface area contributed by atoms with Crippen LogP contribution >= 0.6 is 19.4 Å². The molecule has 0 aromatic heterocycles. The van der Waals surface area contributed by atoms with Gasteiger partial charge in [-0.15, -0.1) is 0 Å². The van der Waals surface area contributed by atoms with Gasteiger partial charge in [0.05, 0.1) is 12.8 Å². The highest BCUT2D eigenvalue weighted by Crippen LogP contribution is 2.31. The number of hydrogen-bond acceptors (Lipinski definition) is 4. The Morgan fingerprint density at radius 3 is 2.46 bits per heavy atom. The lowest BCUT2D eigenvalue weighted by atomic mass is 10.6. The molecule has 0 aliphatic rings. The SMILES string of the molecule is CC(C)SC(=O)CNCP(=O)(O)O. The Balaban J connectivity index is 3.55. The lowest BCUT2D eigenvalue weighted by Gasteiger charge is -2.06. The molecule has 5 nitrogen and oxygen atoms in total. The van der Waals surface area contributed by atoms with Crippen LogP contribution < -0.4 is 5.32 Å². The summed E-state index contributed by atoms with van der Waals surface area (Å²) in [6.07, 6.45) is -0.447. The second-order valence-electron chi connectivity index (χ2n) is 2.79. The molecule has 0 aromatic carbocycles. The maximum Gasteiger partial charge on any atom is 0.339 e. The molecule has 0 spiro atoms. The first-order valence-corrected chi connectivity index (χ1v) is 6.44. The van der Waals surface area contributed by atoms with Crippen molar-refractivity contribution in [2.24, 2.45) is 0 Å². The van der Waals surface area contributed by atoms with Crippen LogP contribution in [0.3, 0.4) is 0 Å². The minimum absolute atomic E-state index is 0.00600. The van der Waals surface area contributed by atoms with Gasteiger partial charge in [0.2, 0.25) is 5.12 Å². The predicted molar refractivity (Wildman–Crippen MR) is 52.6 cm³/mol. The third kappa shape index (κ3) is 10.0. The van der Waals surface area contributed by atoms with Crippen LogP contribution in [-0.2, 0) is 9.36 Å². The summed E-state index contributed by atoms with van der Waals surface area (Å²) in [5.74, 6) is 0. The fourth-order valence-corrected chi connectivity index (χ4v) is 1.72. The zero-order chi connectivity index (χ0) is 10.5. The third-order valence-electron chi connectivity index (χ3n) is 0.954. The second-order valence-corrected chi connectivity index (χ2v) is 6.07. The summed E-state index contributed by atoms with van der Waals surface area (Å²) in [6.45, 7) is 3.76. The van der Waals surface area contributed by atoms with Gasteiger partial charge in [0, 0.05) is 5.25 Å². The molecular formula is C6H14NO4PS. The van der Waals surface area contributed by atoms with E-state index >= 15 is 0 Å². The molecular weight excluding hydrogens is 213 g/mol. The van der Waals surface area contributed by atoms with Gasteiger partial charge in [-0.1, -0.05) is 25.6 Å². The maximum absolute atomic E-state index is 11.0. The number of hydrogen-bond donors (Lipinski definition) is 3. The second kappa shape index (κ2) is 5.78. The average molecular weight is 227 g/mol. The van der Waals surface area contributed by atoms with Crippen LogP contribution in [0.15, 0.2) is 0 Å². The fourth-order valence-electron chi connectivity index (χ4n) is 0.608. The molecule has 0 saturated carbocycles. The van der Waals surface area contributed by atoms with E-state index in [1.807, 2.05) is 13.8 Å². The van der Waals surface area contributed by atoms with Gasteiger partial charge >= 0.3 is 7.60 Å². The Labute approximate surface area is 81.4 Å². The Morgan fingerprint density at radius 2 is 2.08 bits per heavy atom. The molecule has 0 radical (unpaired) electrons. The molecule has 0 aliphatic heterocycles. The van der Waals surface area contributed by atoms with Gasteiger partial charge in [-0.2, -0.15) is 0 Å². The zero-order valence-corrected chi connectivity index (χ0v) is 9.27. The van der Waals surface area contributed by atoms with E-state index in [9.17, 15) is 9.36 Å². The van der Waals surface area contributed by atoms with Crippen molar-refractivity contribution in [3.8, 4) is 0 Å². The highest BCUT2D eigenvalue weighted by molar-refractivity contribution is 8.14. The lowest BCUT2D eigenvalue weighted by molar-refractivity contribution is -0.110. The monoisotopic (exact) mass is 227 g/mol. The molecule has 0 heterocycles. The Morgan fingerprint density at radius 1 is 1.54 bits per heavy atom. The maximum atomic E-state index is 11.0. The molecule has 0 unspecified atom stereocenters. The molecule has 3 N–H and O–H groups in total. The fraction of sp³-hybridized carbons (Fsp3) is 0.833. The van der Waals surface area contributed by atoms with Gasteiger partial charge in [-0.25, -0.2) is 0 Å². The summed E-state index contributed by atoms with van der Waals surface area (Å²) in [7, 11) is -4.03. The van der Waals surface area contributed by atoms with Gasteiger partial charge in [-0.3, -0.25) is 14.7 Å². The third-order valence-corrected chi connectivity index (χ3v) is 2.47. The standard InChI is InChI=1S/C6H14NO4PS/c1-5(2)13-6(8)3-7-4-12(9,10)11/h5,7H,3-4H2,1-2H3,(H2,9,10,11). The molecule has 13 heavy (non-hydrogen) atoms. The van der Waals surface area contributed by atoms with Crippen molar-refractivity contribution in [2.75, 3.05) is 12.8 Å². The highest BCUT2D eigenvalue weighted by Gasteiger charge is 2.13. The minimum atomic E-state index is -4.03. The van der Waals surface area contributed by atoms with Crippen LogP contribution in [0.25, 0.3) is 0 Å². The van der Waals surface area contributed by atoms with Crippen LogP contribution in [-0.4, -0.2) is 33.0 Å². The van der Waals surface area contributed by atoms with Crippen molar-refractivity contribution >= 4 is 24.5 Å². The van der Waals surface area contributed by atoms with E-state index in [0.717, 1.165) is 11.8 Å². The minimum Gasteiger partial charge on any atom is -0.324 e. The number of rotatable bonds is 5. The normalized spacial score (nSPS) is 12.1. The summed E-state index contributed by atoms with van der Waals surface area (Å²) >= 11 is 1.15. The molecule has 0 fully saturated rings. The Bertz CT molecular complexity index is 215. The van der Waals surface area contributed by atoms with Crippen LogP contribution in [0.1, 0.15) is 13.8 Å². The van der Waals surface area contributed by atoms with Crippen LogP contribution in [0, 0.1) is 0 Å². The van der Waals surface area contributed by atoms with E-state index in [-0.39, 0.29) is 16.9 Å². The van der Waals surface area contributed by atoms with E-state index in [0.29, 0.717) is 0 Å². The molecule has 0 rings (SSSR count). The Kier molecular flexibility index (Phi) is 5.83. The van der Waals surface area contributed by atoms with Crippen molar-refractivity contribution in [1.82, 2.24) is 5.32 Å². The van der Waals surface area contributed by atoms with Crippen molar-refractivity contribution in [1.29, 1.82) is 0 Å². The zero-order valence-electron chi connectivity index (χ0n) is 7.56.